The van der Waals surface area contributed by atoms with Crippen molar-refractivity contribution in [3.8, 4) is 0 Å². The first-order valence-corrected chi connectivity index (χ1v) is 8.85. The lowest BCUT2D eigenvalue weighted by Crippen LogP contribution is -2.54. The first-order valence-electron chi connectivity index (χ1n) is 8.85. The molecule has 0 amide bonds. The lowest BCUT2D eigenvalue weighted by molar-refractivity contribution is -0.146. The molecule has 4 heteroatoms. The summed E-state index contributed by atoms with van der Waals surface area (Å²) in [6.07, 6.45) is 11.8. The second-order valence-corrected chi connectivity index (χ2v) is 8.21. The normalized spacial score (nSPS) is 38.8. The van der Waals surface area contributed by atoms with Gasteiger partial charge in [0, 0.05) is 35.4 Å². The molecule has 3 heterocycles. The molecular formula is C19H21N3O. The minimum Gasteiger partial charge on any atom is -0.390 e. The van der Waals surface area contributed by atoms with Crippen LogP contribution < -0.4 is 0 Å². The summed E-state index contributed by atoms with van der Waals surface area (Å²) >= 11 is 0. The standard InChI is InChI=1S/C19H21N3O/c23-19-7-11-5-13(8-19)16(14(6-11)9-19)22-4-2-12-10-21-18-15(17(12)22)1-3-20-18/h1-4,10-11,13-14,16,23H,5-9H2,(H,20,21). The minimum absolute atomic E-state index is 0.360. The van der Waals surface area contributed by atoms with Crippen molar-refractivity contribution in [2.24, 2.45) is 17.8 Å². The molecule has 0 radical (unpaired) electrons. The molecule has 4 nitrogen and oxygen atoms in total. The predicted molar refractivity (Wildman–Crippen MR) is 89.1 cm³/mol. The van der Waals surface area contributed by atoms with Gasteiger partial charge in [0.15, 0.2) is 0 Å². The van der Waals surface area contributed by atoms with E-state index in [-0.39, 0.29) is 5.60 Å². The average molecular weight is 307 g/mol. The molecule has 0 saturated heterocycles. The third kappa shape index (κ3) is 1.57. The maximum Gasteiger partial charge on any atom is 0.139 e. The Hall–Kier alpha value is -1.81. The summed E-state index contributed by atoms with van der Waals surface area (Å²) in [7, 11) is 0. The van der Waals surface area contributed by atoms with Gasteiger partial charge in [-0.15, -0.1) is 0 Å². The maximum atomic E-state index is 10.8. The second kappa shape index (κ2) is 3.99. The van der Waals surface area contributed by atoms with Crippen molar-refractivity contribution in [3.63, 3.8) is 0 Å². The summed E-state index contributed by atoms with van der Waals surface area (Å²) in [6, 6.07) is 4.89. The summed E-state index contributed by atoms with van der Waals surface area (Å²) in [5.74, 6) is 2.01. The van der Waals surface area contributed by atoms with E-state index in [2.05, 4.69) is 32.9 Å². The van der Waals surface area contributed by atoms with E-state index < -0.39 is 0 Å². The van der Waals surface area contributed by atoms with Gasteiger partial charge in [0.25, 0.3) is 0 Å². The van der Waals surface area contributed by atoms with Crippen molar-refractivity contribution >= 4 is 21.9 Å². The van der Waals surface area contributed by atoms with Crippen molar-refractivity contribution in [3.05, 3.63) is 30.7 Å². The quantitative estimate of drug-likeness (QED) is 0.721. The van der Waals surface area contributed by atoms with Crippen LogP contribution in [-0.2, 0) is 0 Å². The number of nitrogens with one attached hydrogen (secondary N) is 1. The molecule has 0 spiro atoms. The number of nitrogens with zero attached hydrogens (tertiary/aromatic N) is 2. The topological polar surface area (TPSA) is 53.8 Å². The van der Waals surface area contributed by atoms with Crippen molar-refractivity contribution in [1.29, 1.82) is 0 Å². The largest absolute Gasteiger partial charge is 0.390 e. The third-order valence-electron chi connectivity index (χ3n) is 6.77. The van der Waals surface area contributed by atoms with Crippen LogP contribution in [0.15, 0.2) is 30.7 Å². The van der Waals surface area contributed by atoms with Crippen molar-refractivity contribution < 1.29 is 5.11 Å². The fourth-order valence-electron chi connectivity index (χ4n) is 6.31. The number of aromatic amines is 1. The molecule has 4 saturated carbocycles. The smallest absolute Gasteiger partial charge is 0.139 e. The molecule has 7 rings (SSSR count). The summed E-state index contributed by atoms with van der Waals surface area (Å²) < 4.78 is 2.52. The van der Waals surface area contributed by atoms with Gasteiger partial charge in [-0.05, 0) is 62.0 Å². The Morgan fingerprint density at radius 3 is 2.78 bits per heavy atom. The van der Waals surface area contributed by atoms with Crippen LogP contribution in [-0.4, -0.2) is 25.2 Å². The van der Waals surface area contributed by atoms with Crippen LogP contribution in [0.1, 0.15) is 38.1 Å². The van der Waals surface area contributed by atoms with Gasteiger partial charge in [-0.1, -0.05) is 0 Å². The lowest BCUT2D eigenvalue weighted by Gasteiger charge is -2.58. The van der Waals surface area contributed by atoms with Crippen LogP contribution in [0.2, 0.25) is 0 Å². The zero-order chi connectivity index (χ0) is 15.2. The molecule has 0 aromatic carbocycles. The lowest BCUT2D eigenvalue weighted by atomic mass is 9.52. The van der Waals surface area contributed by atoms with Crippen LogP contribution in [0.5, 0.6) is 0 Å². The molecular weight excluding hydrogens is 286 g/mol. The van der Waals surface area contributed by atoms with Crippen LogP contribution in [0.25, 0.3) is 21.9 Å². The van der Waals surface area contributed by atoms with Crippen LogP contribution >= 0.6 is 0 Å². The van der Waals surface area contributed by atoms with Gasteiger partial charge in [0.05, 0.1) is 11.1 Å². The number of hydrogen-bond acceptors (Lipinski definition) is 2. The molecule has 4 aliphatic rings. The molecule has 4 bridgehead atoms. The van der Waals surface area contributed by atoms with E-state index in [0.717, 1.165) is 30.8 Å². The SMILES string of the molecule is OC12CC3CC(C1)C(n1ccc4cnc5[nH]ccc5c41)C(C3)C2. The van der Waals surface area contributed by atoms with E-state index in [4.69, 9.17) is 0 Å². The summed E-state index contributed by atoms with van der Waals surface area (Å²) in [5, 5.41) is 13.3. The Labute approximate surface area is 134 Å². The van der Waals surface area contributed by atoms with Crippen LogP contribution in [0.4, 0.5) is 0 Å². The first kappa shape index (κ1) is 12.6. The molecule has 2 N–H and O–H groups in total. The van der Waals surface area contributed by atoms with Crippen molar-refractivity contribution in [2.75, 3.05) is 0 Å². The van der Waals surface area contributed by atoms with Gasteiger partial charge in [0.1, 0.15) is 5.65 Å². The highest BCUT2D eigenvalue weighted by Gasteiger charge is 2.55. The maximum absolute atomic E-state index is 10.8. The van der Waals surface area contributed by atoms with Crippen molar-refractivity contribution in [2.45, 2.75) is 43.7 Å². The van der Waals surface area contributed by atoms with E-state index in [1.165, 1.54) is 29.1 Å². The van der Waals surface area contributed by atoms with E-state index >= 15 is 0 Å². The van der Waals surface area contributed by atoms with E-state index in [9.17, 15) is 5.11 Å². The number of aromatic nitrogens is 3. The summed E-state index contributed by atoms with van der Waals surface area (Å²) in [4.78, 5) is 7.76. The number of H-pyrrole nitrogens is 1. The molecule has 23 heavy (non-hydrogen) atoms. The fourth-order valence-corrected chi connectivity index (χ4v) is 6.31. The summed E-state index contributed by atoms with van der Waals surface area (Å²) in [6.45, 7) is 0. The summed E-state index contributed by atoms with van der Waals surface area (Å²) in [5.41, 5.74) is 1.93. The number of fused-ring (bicyclic) bond motifs is 3. The van der Waals surface area contributed by atoms with Gasteiger partial charge >= 0.3 is 0 Å². The Bertz CT molecular complexity index is 907. The van der Waals surface area contributed by atoms with Gasteiger partial charge in [-0.2, -0.15) is 0 Å². The monoisotopic (exact) mass is 307 g/mol. The van der Waals surface area contributed by atoms with Crippen molar-refractivity contribution in [1.82, 2.24) is 14.5 Å². The zero-order valence-corrected chi connectivity index (χ0v) is 13.1. The molecule has 118 valence electrons. The molecule has 4 fully saturated rings. The van der Waals surface area contributed by atoms with Crippen LogP contribution in [0, 0.1) is 17.8 Å². The van der Waals surface area contributed by atoms with Gasteiger partial charge in [-0.25, -0.2) is 4.98 Å². The fraction of sp³-hybridized carbons (Fsp3) is 0.526. The Balaban J connectivity index is 1.56. The Morgan fingerprint density at radius 1 is 1.17 bits per heavy atom. The van der Waals surface area contributed by atoms with Gasteiger partial charge in [0.2, 0.25) is 0 Å². The van der Waals surface area contributed by atoms with E-state index in [1.54, 1.807) is 0 Å². The number of hydrogen-bond donors (Lipinski definition) is 2. The second-order valence-electron chi connectivity index (χ2n) is 8.21. The molecule has 2 unspecified atom stereocenters. The molecule has 3 aromatic rings. The van der Waals surface area contributed by atoms with E-state index in [0.29, 0.717) is 17.9 Å². The average Bonchev–Trinajstić information content (AvgIpc) is 3.10. The van der Waals surface area contributed by atoms with Crippen LogP contribution in [0.3, 0.4) is 0 Å². The molecule has 2 atom stereocenters. The number of aliphatic hydroxyl groups is 1. The number of pyridine rings is 1. The highest BCUT2D eigenvalue weighted by molar-refractivity contribution is 6.02. The number of rotatable bonds is 1. The minimum atomic E-state index is -0.360. The van der Waals surface area contributed by atoms with E-state index in [1.807, 2.05) is 12.4 Å². The first-order chi connectivity index (χ1) is 11.2. The molecule has 3 aromatic heterocycles. The highest BCUT2D eigenvalue weighted by Crippen LogP contribution is 2.60. The predicted octanol–water partition coefficient (Wildman–Crippen LogP) is 3.63. The third-order valence-corrected chi connectivity index (χ3v) is 6.77. The van der Waals surface area contributed by atoms with Gasteiger partial charge in [-0.3, -0.25) is 0 Å². The molecule has 4 aliphatic carbocycles. The molecule has 0 aliphatic heterocycles. The zero-order valence-electron chi connectivity index (χ0n) is 13.1. The highest BCUT2D eigenvalue weighted by atomic mass is 16.3. The van der Waals surface area contributed by atoms with Gasteiger partial charge < -0.3 is 14.7 Å². The Morgan fingerprint density at radius 2 is 2.00 bits per heavy atom. The Kier molecular flexibility index (Phi) is 2.18.